The Labute approximate surface area is 86.2 Å². The van der Waals surface area contributed by atoms with Gasteiger partial charge in [0, 0.05) is 13.7 Å². The summed E-state index contributed by atoms with van der Waals surface area (Å²) in [7, 11) is -2.76. The first-order valence-electron chi connectivity index (χ1n) is 4.00. The molecule has 0 aliphatic carbocycles. The number of hydrogen-bond donors (Lipinski definition) is 2. The van der Waals surface area contributed by atoms with Crippen molar-refractivity contribution in [1.29, 1.82) is 0 Å². The van der Waals surface area contributed by atoms with Crippen LogP contribution in [0.2, 0.25) is 0 Å². The maximum absolute atomic E-state index is 11.7. The molecule has 0 heterocycles. The Morgan fingerprint density at radius 3 is 2.27 bits per heavy atom. The number of hydrogen-bond acceptors (Lipinski definition) is 3. The summed E-state index contributed by atoms with van der Waals surface area (Å²) < 4.78 is 64.8. The average Bonchev–Trinajstić information content (AvgIpc) is 2.10. The molecule has 0 saturated heterocycles. The van der Waals surface area contributed by atoms with E-state index < -0.39 is 29.0 Å². The van der Waals surface area contributed by atoms with Crippen molar-refractivity contribution in [3.8, 4) is 0 Å². The van der Waals surface area contributed by atoms with Gasteiger partial charge in [-0.25, -0.2) is 0 Å². The normalized spacial score (nSPS) is 15.3. The van der Waals surface area contributed by atoms with Crippen molar-refractivity contribution in [2.24, 2.45) is 0 Å². The van der Waals surface area contributed by atoms with Gasteiger partial charge in [0.05, 0.1) is 6.10 Å². The molecule has 0 bridgehead atoms. The van der Waals surface area contributed by atoms with Gasteiger partial charge < -0.3 is 4.74 Å². The lowest BCUT2D eigenvalue weighted by atomic mass is 10.4. The zero-order valence-corrected chi connectivity index (χ0v) is 9.07. The molecule has 0 radical (unpaired) electrons. The van der Waals surface area contributed by atoms with Crippen LogP contribution in [0.25, 0.3) is 0 Å². The van der Waals surface area contributed by atoms with E-state index in [1.807, 2.05) is 4.72 Å². The van der Waals surface area contributed by atoms with E-state index in [2.05, 4.69) is 0 Å². The van der Waals surface area contributed by atoms with Gasteiger partial charge in [0.25, 0.3) is 10.2 Å². The Balaban J connectivity index is 3.99. The minimum Gasteiger partial charge on any atom is -0.380 e. The molecule has 0 spiro atoms. The largest absolute Gasteiger partial charge is 0.402 e. The van der Waals surface area contributed by atoms with E-state index in [0.29, 0.717) is 0 Å². The Morgan fingerprint density at radius 1 is 1.33 bits per heavy atom. The average molecular weight is 250 g/mol. The molecule has 1 unspecified atom stereocenters. The van der Waals surface area contributed by atoms with Crippen LogP contribution in [-0.2, 0) is 14.9 Å². The first-order valence-corrected chi connectivity index (χ1v) is 5.48. The SMILES string of the molecule is COC(C)CNS(=O)(=O)NCC(F)(F)F. The molecule has 92 valence electrons. The first-order chi connectivity index (χ1) is 6.66. The van der Waals surface area contributed by atoms with Crippen molar-refractivity contribution >= 4 is 10.2 Å². The molecule has 15 heavy (non-hydrogen) atoms. The van der Waals surface area contributed by atoms with Crippen LogP contribution in [0.5, 0.6) is 0 Å². The van der Waals surface area contributed by atoms with Gasteiger partial charge in [-0.05, 0) is 6.92 Å². The van der Waals surface area contributed by atoms with E-state index in [-0.39, 0.29) is 6.54 Å². The molecule has 0 fully saturated rings. The summed E-state index contributed by atoms with van der Waals surface area (Å²) in [5.41, 5.74) is 0. The van der Waals surface area contributed by atoms with Gasteiger partial charge in [0.1, 0.15) is 6.54 Å². The lowest BCUT2D eigenvalue weighted by molar-refractivity contribution is -0.121. The number of nitrogens with one attached hydrogen (secondary N) is 2. The third-order valence-corrected chi connectivity index (χ3v) is 2.50. The van der Waals surface area contributed by atoms with E-state index in [1.54, 1.807) is 6.92 Å². The fourth-order valence-electron chi connectivity index (χ4n) is 0.538. The van der Waals surface area contributed by atoms with Crippen molar-refractivity contribution in [2.45, 2.75) is 19.2 Å². The Kier molecular flexibility index (Phi) is 5.49. The molecular formula is C6H13F3N2O3S. The van der Waals surface area contributed by atoms with Crippen molar-refractivity contribution in [1.82, 2.24) is 9.44 Å². The van der Waals surface area contributed by atoms with Crippen LogP contribution in [0.3, 0.4) is 0 Å². The lowest BCUT2D eigenvalue weighted by Crippen LogP contribution is -2.43. The number of rotatable bonds is 6. The topological polar surface area (TPSA) is 67.4 Å². The smallest absolute Gasteiger partial charge is 0.380 e. The van der Waals surface area contributed by atoms with Crippen molar-refractivity contribution in [3.05, 3.63) is 0 Å². The van der Waals surface area contributed by atoms with Gasteiger partial charge in [-0.2, -0.15) is 31.0 Å². The quantitative estimate of drug-likeness (QED) is 0.697. The second kappa shape index (κ2) is 5.64. The molecular weight excluding hydrogens is 237 g/mol. The number of methoxy groups -OCH3 is 1. The monoisotopic (exact) mass is 250 g/mol. The van der Waals surface area contributed by atoms with E-state index in [0.717, 1.165) is 0 Å². The summed E-state index contributed by atoms with van der Waals surface area (Å²) in [6, 6.07) is 0. The molecule has 0 aliphatic heterocycles. The summed E-state index contributed by atoms with van der Waals surface area (Å²) in [6.07, 6.45) is -4.98. The summed E-state index contributed by atoms with van der Waals surface area (Å²) in [4.78, 5) is 0. The van der Waals surface area contributed by atoms with E-state index in [9.17, 15) is 21.6 Å². The number of halogens is 3. The summed E-state index contributed by atoms with van der Waals surface area (Å²) in [5, 5.41) is 0. The fourth-order valence-corrected chi connectivity index (χ4v) is 1.45. The molecule has 0 amide bonds. The highest BCUT2D eigenvalue weighted by Gasteiger charge is 2.29. The highest BCUT2D eigenvalue weighted by Crippen LogP contribution is 2.12. The third kappa shape index (κ3) is 8.60. The molecule has 0 aromatic rings. The minimum absolute atomic E-state index is 0.0936. The molecule has 0 aromatic carbocycles. The maximum atomic E-state index is 11.7. The van der Waals surface area contributed by atoms with Crippen molar-refractivity contribution in [3.63, 3.8) is 0 Å². The number of ether oxygens (including phenoxy) is 1. The second-order valence-corrected chi connectivity index (χ2v) is 4.42. The van der Waals surface area contributed by atoms with Gasteiger partial charge in [-0.15, -0.1) is 0 Å². The Hall–Kier alpha value is -0.380. The number of alkyl halides is 3. The van der Waals surface area contributed by atoms with Crippen LogP contribution in [0, 0.1) is 0 Å². The fraction of sp³-hybridized carbons (Fsp3) is 1.00. The van der Waals surface area contributed by atoms with E-state index in [1.165, 1.54) is 11.8 Å². The minimum atomic E-state index is -4.57. The van der Waals surface area contributed by atoms with Crippen LogP contribution in [-0.4, -0.2) is 40.9 Å². The predicted octanol–water partition coefficient (Wildman–Crippen LogP) is 0.00760. The van der Waals surface area contributed by atoms with Crippen LogP contribution in [0.4, 0.5) is 13.2 Å². The van der Waals surface area contributed by atoms with Crippen LogP contribution in [0.1, 0.15) is 6.92 Å². The Bertz CT molecular complexity index is 278. The standard InChI is InChI=1S/C6H13F3N2O3S/c1-5(14-2)3-10-15(12,13)11-4-6(7,8)9/h5,10-11H,3-4H2,1-2H3. The Morgan fingerprint density at radius 2 is 1.87 bits per heavy atom. The van der Waals surface area contributed by atoms with Crippen molar-refractivity contribution < 1.29 is 26.3 Å². The van der Waals surface area contributed by atoms with Crippen LogP contribution in [0.15, 0.2) is 0 Å². The first kappa shape index (κ1) is 14.6. The third-order valence-electron chi connectivity index (χ3n) is 1.43. The summed E-state index contributed by atoms with van der Waals surface area (Å²) in [5.74, 6) is 0. The summed E-state index contributed by atoms with van der Waals surface area (Å²) >= 11 is 0. The van der Waals surface area contributed by atoms with Gasteiger partial charge in [0.15, 0.2) is 0 Å². The molecule has 0 aromatic heterocycles. The highest BCUT2D eigenvalue weighted by molar-refractivity contribution is 7.87. The van der Waals surface area contributed by atoms with Gasteiger partial charge in [-0.1, -0.05) is 0 Å². The molecule has 5 nitrogen and oxygen atoms in total. The second-order valence-electron chi connectivity index (χ2n) is 2.83. The van der Waals surface area contributed by atoms with E-state index in [4.69, 9.17) is 4.74 Å². The molecule has 0 aliphatic rings. The molecule has 1 atom stereocenters. The molecule has 9 heteroatoms. The van der Waals surface area contributed by atoms with Crippen molar-refractivity contribution in [2.75, 3.05) is 20.2 Å². The maximum Gasteiger partial charge on any atom is 0.402 e. The highest BCUT2D eigenvalue weighted by atomic mass is 32.2. The molecule has 0 saturated carbocycles. The van der Waals surface area contributed by atoms with Crippen LogP contribution >= 0.6 is 0 Å². The molecule has 2 N–H and O–H groups in total. The van der Waals surface area contributed by atoms with Crippen LogP contribution < -0.4 is 9.44 Å². The zero-order chi connectivity index (χ0) is 12.1. The van der Waals surface area contributed by atoms with E-state index >= 15 is 0 Å². The zero-order valence-electron chi connectivity index (χ0n) is 8.26. The lowest BCUT2D eigenvalue weighted by Gasteiger charge is -2.12. The van der Waals surface area contributed by atoms with Gasteiger partial charge in [0.2, 0.25) is 0 Å². The van der Waals surface area contributed by atoms with Gasteiger partial charge >= 0.3 is 6.18 Å². The molecule has 0 rings (SSSR count). The summed E-state index contributed by atoms with van der Waals surface area (Å²) in [6.45, 7) is -0.111. The van der Waals surface area contributed by atoms with Gasteiger partial charge in [-0.3, -0.25) is 0 Å². The predicted molar refractivity (Wildman–Crippen MR) is 47.5 cm³/mol.